The van der Waals surface area contributed by atoms with Crippen LogP contribution in [0.3, 0.4) is 0 Å². The van der Waals surface area contributed by atoms with E-state index >= 15 is 0 Å². The molecule has 0 saturated heterocycles. The van der Waals surface area contributed by atoms with Crippen molar-refractivity contribution in [2.45, 2.75) is 271 Å². The molecule has 0 rings (SSSR count). The van der Waals surface area contributed by atoms with Gasteiger partial charge in [0, 0.05) is 19.3 Å². The molecule has 0 atom stereocenters. The van der Waals surface area contributed by atoms with E-state index in [1.807, 2.05) is 0 Å². The van der Waals surface area contributed by atoms with E-state index in [2.05, 4.69) is 25.7 Å². The number of hydrogen-bond acceptors (Lipinski definition) is 6. The van der Waals surface area contributed by atoms with Crippen LogP contribution in [-0.2, 0) is 23.9 Å². The second-order valence-electron chi connectivity index (χ2n) is 17.0. The Balaban J connectivity index is 4.28. The Morgan fingerprint density at radius 1 is 0.400 bits per heavy atom. The number of unbranched alkanes of at least 4 members (excludes halogenated alkanes) is 26. The first-order valence-electron chi connectivity index (χ1n) is 24.5. The van der Waals surface area contributed by atoms with E-state index in [0.717, 1.165) is 83.8 Å². The molecule has 0 heterocycles. The van der Waals surface area contributed by atoms with E-state index in [-0.39, 0.29) is 18.0 Å². The molecule has 6 heteroatoms. The monoisotopic (exact) mass is 778 g/mol. The molecule has 0 aromatic carbocycles. The number of ketones is 1. The third kappa shape index (κ3) is 42.0. The minimum atomic E-state index is -0.0203. The lowest BCUT2D eigenvalue weighted by Gasteiger charge is -2.22. The lowest BCUT2D eigenvalue weighted by atomic mass is 10.0. The van der Waals surface area contributed by atoms with Crippen molar-refractivity contribution < 1.29 is 23.9 Å². The Hall–Kier alpha value is -1.43. The maximum absolute atomic E-state index is 12.8. The van der Waals surface area contributed by atoms with E-state index in [1.165, 1.54) is 154 Å². The maximum Gasteiger partial charge on any atom is 0.306 e. The summed E-state index contributed by atoms with van der Waals surface area (Å²) in [7, 11) is 0. The molecule has 0 bridgehead atoms. The molecule has 6 nitrogen and oxygen atoms in total. The molecule has 0 fully saturated rings. The van der Waals surface area contributed by atoms with Gasteiger partial charge in [0.25, 0.3) is 0 Å². The zero-order valence-electron chi connectivity index (χ0n) is 37.6. The highest BCUT2D eigenvalue weighted by atomic mass is 16.5. The summed E-state index contributed by atoms with van der Waals surface area (Å²) in [5, 5.41) is 0. The third-order valence-electron chi connectivity index (χ3n) is 11.3. The van der Waals surface area contributed by atoms with Crippen molar-refractivity contribution in [3.8, 4) is 0 Å². The van der Waals surface area contributed by atoms with Crippen LogP contribution in [0.4, 0.5) is 0 Å². The average Bonchev–Trinajstić information content (AvgIpc) is 3.16. The van der Waals surface area contributed by atoms with E-state index in [9.17, 15) is 14.4 Å². The van der Waals surface area contributed by atoms with Gasteiger partial charge in [-0.05, 0) is 97.2 Å². The van der Waals surface area contributed by atoms with E-state index in [4.69, 9.17) is 9.47 Å². The predicted octanol–water partition coefficient (Wildman–Crippen LogP) is 14.8. The number of nitrogens with zero attached hydrogens (tertiary/aromatic N) is 1. The van der Waals surface area contributed by atoms with Gasteiger partial charge in [0.2, 0.25) is 0 Å². The lowest BCUT2D eigenvalue weighted by Crippen LogP contribution is -2.27. The van der Waals surface area contributed by atoms with Gasteiger partial charge in [-0.25, -0.2) is 0 Å². The molecule has 0 aliphatic rings. The number of Topliss-reactive ketones (excluding diaryl/α,β-unsaturated/α-hetero) is 1. The fourth-order valence-corrected chi connectivity index (χ4v) is 7.62. The normalized spacial score (nSPS) is 11.5. The van der Waals surface area contributed by atoms with Crippen LogP contribution in [0.15, 0.2) is 0 Å². The van der Waals surface area contributed by atoms with Crippen LogP contribution in [0.5, 0.6) is 0 Å². The van der Waals surface area contributed by atoms with Gasteiger partial charge in [0.15, 0.2) is 0 Å². The molecule has 0 N–H and O–H groups in total. The maximum atomic E-state index is 12.8. The fraction of sp³-hybridized carbons (Fsp3) is 0.939. The molecule has 0 aliphatic heterocycles. The largest absolute Gasteiger partial charge is 0.466 e. The fourth-order valence-electron chi connectivity index (χ4n) is 7.62. The minimum absolute atomic E-state index is 0.0203. The molecule has 0 aliphatic carbocycles. The summed E-state index contributed by atoms with van der Waals surface area (Å²) in [6.07, 6.45) is 42.7. The first kappa shape index (κ1) is 53.6. The van der Waals surface area contributed by atoms with Gasteiger partial charge in [-0.3, -0.25) is 9.59 Å². The number of esters is 2. The SMILES string of the molecule is CCCCCCCCCOC(=O)CCCCCCCN(CCCCCCCC(=O)OC(CCCCCCCC)CCCCCCCC)CCCCCC(C)=O. The molecule has 0 unspecified atom stereocenters. The van der Waals surface area contributed by atoms with Crippen molar-refractivity contribution in [3.05, 3.63) is 0 Å². The Bertz CT molecular complexity index is 816. The molecule has 326 valence electrons. The van der Waals surface area contributed by atoms with E-state index in [1.54, 1.807) is 6.92 Å². The van der Waals surface area contributed by atoms with Crippen molar-refractivity contribution in [1.29, 1.82) is 0 Å². The highest BCUT2D eigenvalue weighted by Crippen LogP contribution is 2.19. The van der Waals surface area contributed by atoms with Gasteiger partial charge in [-0.15, -0.1) is 0 Å². The quantitative estimate of drug-likeness (QED) is 0.0453. The molecular weight excluding hydrogens is 683 g/mol. The van der Waals surface area contributed by atoms with E-state index in [0.29, 0.717) is 31.7 Å². The zero-order chi connectivity index (χ0) is 40.3. The number of hydrogen-bond donors (Lipinski definition) is 0. The van der Waals surface area contributed by atoms with Gasteiger partial charge in [-0.1, -0.05) is 168 Å². The Labute approximate surface area is 343 Å². The summed E-state index contributed by atoms with van der Waals surface area (Å²) in [6, 6.07) is 0. The lowest BCUT2D eigenvalue weighted by molar-refractivity contribution is -0.150. The molecule has 0 amide bonds. The predicted molar refractivity (Wildman–Crippen MR) is 236 cm³/mol. The third-order valence-corrected chi connectivity index (χ3v) is 11.3. The van der Waals surface area contributed by atoms with Crippen molar-refractivity contribution in [1.82, 2.24) is 4.90 Å². The van der Waals surface area contributed by atoms with Gasteiger partial charge in [0.1, 0.15) is 11.9 Å². The van der Waals surface area contributed by atoms with E-state index < -0.39 is 0 Å². The summed E-state index contributed by atoms with van der Waals surface area (Å²) in [6.45, 7) is 12.4. The number of ether oxygens (including phenoxy) is 2. The summed E-state index contributed by atoms with van der Waals surface area (Å²) < 4.78 is 11.5. The Morgan fingerprint density at radius 2 is 0.745 bits per heavy atom. The van der Waals surface area contributed by atoms with Gasteiger partial charge < -0.3 is 19.2 Å². The first-order valence-corrected chi connectivity index (χ1v) is 24.5. The standard InChI is InChI=1S/C49H95NO5/c1-5-8-11-14-17-26-36-45-54-48(52)40-31-22-18-24-33-42-50(44-35-27-28-37-46(4)51)43-34-25-19-23-32-41-49(53)55-47(38-29-20-15-12-9-6-2)39-30-21-16-13-10-7-3/h47H,5-45H2,1-4H3. The van der Waals surface area contributed by atoms with Crippen molar-refractivity contribution in [3.63, 3.8) is 0 Å². The number of carbonyl (C=O) groups excluding carboxylic acids is 3. The van der Waals surface area contributed by atoms with Crippen molar-refractivity contribution >= 4 is 17.7 Å². The molecule has 0 radical (unpaired) electrons. The molecule has 0 saturated carbocycles. The average molecular weight is 778 g/mol. The highest BCUT2D eigenvalue weighted by Gasteiger charge is 2.14. The van der Waals surface area contributed by atoms with Gasteiger partial charge in [0.05, 0.1) is 6.61 Å². The molecular formula is C49H95NO5. The van der Waals surface area contributed by atoms with Crippen LogP contribution in [-0.4, -0.2) is 55.0 Å². The smallest absolute Gasteiger partial charge is 0.306 e. The molecule has 0 aromatic rings. The van der Waals surface area contributed by atoms with Crippen LogP contribution in [0.1, 0.15) is 265 Å². The Kier molecular flexibility index (Phi) is 42.6. The molecule has 0 spiro atoms. The minimum Gasteiger partial charge on any atom is -0.466 e. The Morgan fingerprint density at radius 3 is 1.20 bits per heavy atom. The number of rotatable bonds is 45. The highest BCUT2D eigenvalue weighted by molar-refractivity contribution is 5.75. The molecule has 55 heavy (non-hydrogen) atoms. The van der Waals surface area contributed by atoms with Crippen LogP contribution in [0.25, 0.3) is 0 Å². The zero-order valence-corrected chi connectivity index (χ0v) is 37.6. The summed E-state index contributed by atoms with van der Waals surface area (Å²) in [5.74, 6) is 0.303. The topological polar surface area (TPSA) is 72.9 Å². The second kappa shape index (κ2) is 43.7. The summed E-state index contributed by atoms with van der Waals surface area (Å²) >= 11 is 0. The number of carbonyl (C=O) groups is 3. The van der Waals surface area contributed by atoms with Gasteiger partial charge >= 0.3 is 11.9 Å². The molecule has 0 aromatic heterocycles. The van der Waals surface area contributed by atoms with Crippen LogP contribution in [0, 0.1) is 0 Å². The first-order chi connectivity index (χ1) is 26.9. The van der Waals surface area contributed by atoms with Crippen LogP contribution >= 0.6 is 0 Å². The van der Waals surface area contributed by atoms with Crippen LogP contribution < -0.4 is 0 Å². The summed E-state index contributed by atoms with van der Waals surface area (Å²) in [5.41, 5.74) is 0. The second-order valence-corrected chi connectivity index (χ2v) is 17.0. The van der Waals surface area contributed by atoms with Crippen molar-refractivity contribution in [2.75, 3.05) is 26.2 Å². The van der Waals surface area contributed by atoms with Crippen LogP contribution in [0.2, 0.25) is 0 Å². The van der Waals surface area contributed by atoms with Gasteiger partial charge in [-0.2, -0.15) is 0 Å². The summed E-state index contributed by atoms with van der Waals surface area (Å²) in [4.78, 5) is 38.9. The van der Waals surface area contributed by atoms with Crippen molar-refractivity contribution in [2.24, 2.45) is 0 Å².